The Morgan fingerprint density at radius 1 is 1.21 bits per heavy atom. The van der Waals surface area contributed by atoms with Crippen LogP contribution in [0, 0.1) is 10.1 Å². The normalized spacial score (nSPS) is 10.5. The van der Waals surface area contributed by atoms with Crippen LogP contribution in [-0.2, 0) is 11.2 Å². The topological polar surface area (TPSA) is 97.2 Å². The molecule has 1 heterocycles. The Balaban J connectivity index is 1.57. The summed E-state index contributed by atoms with van der Waals surface area (Å²) in [6.45, 7) is 0. The Bertz CT molecular complexity index is 879. The van der Waals surface area contributed by atoms with Crippen molar-refractivity contribution in [1.82, 2.24) is 10.4 Å². The largest absolute Gasteiger partial charge is 0.273 e. The van der Waals surface area contributed by atoms with E-state index in [1.54, 1.807) is 6.07 Å². The first-order valence-electron chi connectivity index (χ1n) is 7.25. The van der Waals surface area contributed by atoms with E-state index in [4.69, 9.17) is 0 Å². The van der Waals surface area contributed by atoms with Crippen molar-refractivity contribution in [3.8, 4) is 0 Å². The van der Waals surface area contributed by atoms with E-state index in [0.29, 0.717) is 28.2 Å². The van der Waals surface area contributed by atoms with Crippen LogP contribution in [0.15, 0.2) is 48.5 Å². The molecule has 3 aromatic rings. The predicted octanol–water partition coefficient (Wildman–Crippen LogP) is 3.28. The number of anilines is 1. The molecule has 0 unspecified atom stereocenters. The van der Waals surface area contributed by atoms with Gasteiger partial charge in [-0.3, -0.25) is 25.8 Å². The molecule has 1 amide bonds. The molecule has 0 saturated carbocycles. The maximum absolute atomic E-state index is 11.9. The van der Waals surface area contributed by atoms with Gasteiger partial charge in [0, 0.05) is 18.6 Å². The number of amides is 1. The van der Waals surface area contributed by atoms with Crippen LogP contribution in [-0.4, -0.2) is 15.8 Å². The molecule has 0 bridgehead atoms. The van der Waals surface area contributed by atoms with Crippen LogP contribution in [0.4, 0.5) is 10.8 Å². The fourth-order valence-electron chi connectivity index (χ4n) is 2.17. The molecule has 1 aromatic heterocycles. The summed E-state index contributed by atoms with van der Waals surface area (Å²) in [5.74, 6) is -0.149. The van der Waals surface area contributed by atoms with E-state index in [9.17, 15) is 14.9 Å². The lowest BCUT2D eigenvalue weighted by atomic mass is 10.1. The molecule has 0 fully saturated rings. The molecule has 2 aromatic carbocycles. The lowest BCUT2D eigenvalue weighted by Crippen LogP contribution is -2.29. The molecule has 8 heteroatoms. The van der Waals surface area contributed by atoms with E-state index in [1.165, 1.54) is 23.5 Å². The number of hydrazine groups is 1. The van der Waals surface area contributed by atoms with E-state index in [-0.39, 0.29) is 11.6 Å². The molecule has 0 atom stereocenters. The number of non-ortho nitro benzene ring substituents is 1. The van der Waals surface area contributed by atoms with Gasteiger partial charge in [-0.15, -0.1) is 0 Å². The summed E-state index contributed by atoms with van der Waals surface area (Å²) in [4.78, 5) is 26.5. The fraction of sp³-hybridized carbons (Fsp3) is 0.125. The van der Waals surface area contributed by atoms with Crippen LogP contribution < -0.4 is 10.9 Å². The number of thiazole rings is 1. The first kappa shape index (κ1) is 15.9. The zero-order valence-corrected chi connectivity index (χ0v) is 13.4. The van der Waals surface area contributed by atoms with Crippen LogP contribution in [0.3, 0.4) is 0 Å². The Hall–Kier alpha value is -3.00. The van der Waals surface area contributed by atoms with Crippen molar-refractivity contribution in [2.24, 2.45) is 0 Å². The smallest absolute Gasteiger partial charge is 0.270 e. The number of carbonyl (C=O) groups is 1. The van der Waals surface area contributed by atoms with Gasteiger partial charge in [0.15, 0.2) is 0 Å². The summed E-state index contributed by atoms with van der Waals surface area (Å²) in [5, 5.41) is 11.3. The second kappa shape index (κ2) is 7.05. The third-order valence-electron chi connectivity index (χ3n) is 3.38. The van der Waals surface area contributed by atoms with Gasteiger partial charge in [-0.2, -0.15) is 0 Å². The zero-order valence-electron chi connectivity index (χ0n) is 12.6. The van der Waals surface area contributed by atoms with Gasteiger partial charge in [-0.1, -0.05) is 41.7 Å². The summed E-state index contributed by atoms with van der Waals surface area (Å²) < 4.78 is 0.685. The second-order valence-electron chi connectivity index (χ2n) is 5.09. The summed E-state index contributed by atoms with van der Waals surface area (Å²) in [6, 6.07) is 14.2. The fourth-order valence-corrected chi connectivity index (χ4v) is 3.02. The van der Waals surface area contributed by atoms with Crippen molar-refractivity contribution in [3.05, 3.63) is 64.2 Å². The van der Waals surface area contributed by atoms with Crippen molar-refractivity contribution in [3.63, 3.8) is 0 Å². The Morgan fingerprint density at radius 3 is 2.75 bits per heavy atom. The minimum Gasteiger partial charge on any atom is -0.273 e. The number of nitro benzene ring substituents is 1. The van der Waals surface area contributed by atoms with Crippen LogP contribution >= 0.6 is 11.3 Å². The first-order chi connectivity index (χ1) is 11.6. The number of benzene rings is 2. The Kier molecular flexibility index (Phi) is 4.66. The van der Waals surface area contributed by atoms with Crippen molar-refractivity contribution < 1.29 is 9.72 Å². The average molecular weight is 342 g/mol. The number of nitro groups is 1. The lowest BCUT2D eigenvalue weighted by Gasteiger charge is -2.05. The van der Waals surface area contributed by atoms with E-state index in [0.717, 1.165) is 5.56 Å². The van der Waals surface area contributed by atoms with Gasteiger partial charge in [0.2, 0.25) is 11.0 Å². The van der Waals surface area contributed by atoms with Crippen molar-refractivity contribution >= 4 is 38.3 Å². The van der Waals surface area contributed by atoms with Crippen LogP contribution in [0.2, 0.25) is 0 Å². The van der Waals surface area contributed by atoms with Gasteiger partial charge >= 0.3 is 0 Å². The number of carbonyl (C=O) groups excluding carboxylic acids is 1. The third kappa shape index (κ3) is 3.85. The average Bonchev–Trinajstić information content (AvgIpc) is 3.01. The lowest BCUT2D eigenvalue weighted by molar-refractivity contribution is -0.384. The number of rotatable bonds is 6. The molecule has 3 rings (SSSR count). The van der Waals surface area contributed by atoms with E-state index >= 15 is 0 Å². The minimum absolute atomic E-state index is 0.0181. The molecule has 0 saturated heterocycles. The zero-order chi connectivity index (χ0) is 16.9. The molecule has 2 N–H and O–H groups in total. The molecule has 0 radical (unpaired) electrons. The third-order valence-corrected chi connectivity index (χ3v) is 4.31. The van der Waals surface area contributed by atoms with Gasteiger partial charge in [0.25, 0.3) is 5.69 Å². The van der Waals surface area contributed by atoms with Crippen molar-refractivity contribution in [2.75, 3.05) is 5.43 Å². The number of hydrogen-bond donors (Lipinski definition) is 2. The standard InChI is InChI=1S/C16H14N4O3S/c21-15(9-6-11-4-2-1-3-5-11)18-19-16-17-13-8-7-12(20(22)23)10-14(13)24-16/h1-5,7-8,10H,6,9H2,(H,17,19)(H,18,21). The first-order valence-corrected chi connectivity index (χ1v) is 8.07. The van der Waals surface area contributed by atoms with Crippen molar-refractivity contribution in [1.29, 1.82) is 0 Å². The molecule has 0 spiro atoms. The highest BCUT2D eigenvalue weighted by molar-refractivity contribution is 7.22. The molecule has 0 aliphatic carbocycles. The maximum atomic E-state index is 11.9. The second-order valence-corrected chi connectivity index (χ2v) is 6.12. The predicted molar refractivity (Wildman–Crippen MR) is 92.8 cm³/mol. The van der Waals surface area contributed by atoms with Gasteiger partial charge in [-0.25, -0.2) is 4.98 Å². The molecule has 122 valence electrons. The summed E-state index contributed by atoms with van der Waals surface area (Å²) >= 11 is 1.24. The Morgan fingerprint density at radius 2 is 2.00 bits per heavy atom. The molecule has 0 aliphatic rings. The van der Waals surface area contributed by atoms with Crippen LogP contribution in [0.25, 0.3) is 10.2 Å². The summed E-state index contributed by atoms with van der Waals surface area (Å²) in [5.41, 5.74) is 7.11. The van der Waals surface area contributed by atoms with Gasteiger partial charge < -0.3 is 0 Å². The highest BCUT2D eigenvalue weighted by Crippen LogP contribution is 2.28. The van der Waals surface area contributed by atoms with E-state index in [1.807, 2.05) is 30.3 Å². The monoisotopic (exact) mass is 342 g/mol. The molecule has 7 nitrogen and oxygen atoms in total. The number of nitrogens with zero attached hydrogens (tertiary/aromatic N) is 2. The number of aromatic nitrogens is 1. The summed E-state index contributed by atoms with van der Waals surface area (Å²) in [7, 11) is 0. The van der Waals surface area contributed by atoms with Gasteiger partial charge in [0.1, 0.15) is 0 Å². The quantitative estimate of drug-likeness (QED) is 0.529. The maximum Gasteiger partial charge on any atom is 0.270 e. The van der Waals surface area contributed by atoms with Crippen LogP contribution in [0.5, 0.6) is 0 Å². The number of aryl methyl sites for hydroxylation is 1. The van der Waals surface area contributed by atoms with Gasteiger partial charge in [0.05, 0.1) is 15.1 Å². The molecule has 24 heavy (non-hydrogen) atoms. The van der Waals surface area contributed by atoms with Gasteiger partial charge in [-0.05, 0) is 18.1 Å². The molecular weight excluding hydrogens is 328 g/mol. The highest BCUT2D eigenvalue weighted by atomic mass is 32.1. The number of fused-ring (bicyclic) bond motifs is 1. The number of nitrogens with one attached hydrogen (secondary N) is 2. The summed E-state index contributed by atoms with van der Waals surface area (Å²) in [6.07, 6.45) is 1.01. The molecule has 0 aliphatic heterocycles. The van der Waals surface area contributed by atoms with Crippen molar-refractivity contribution in [2.45, 2.75) is 12.8 Å². The van der Waals surface area contributed by atoms with E-state index < -0.39 is 4.92 Å². The molecular formula is C16H14N4O3S. The SMILES string of the molecule is O=C(CCc1ccccc1)NNc1nc2ccc([N+](=O)[O-])cc2s1. The van der Waals surface area contributed by atoms with Crippen LogP contribution in [0.1, 0.15) is 12.0 Å². The van der Waals surface area contributed by atoms with E-state index in [2.05, 4.69) is 15.8 Å². The Labute approximate surface area is 141 Å². The number of hydrogen-bond acceptors (Lipinski definition) is 6. The highest BCUT2D eigenvalue weighted by Gasteiger charge is 2.10. The minimum atomic E-state index is -0.447.